The van der Waals surface area contributed by atoms with Crippen molar-refractivity contribution in [2.24, 2.45) is 0 Å². The Bertz CT molecular complexity index is 567. The van der Waals surface area contributed by atoms with E-state index >= 15 is 0 Å². The van der Waals surface area contributed by atoms with Crippen LogP contribution in [0.25, 0.3) is 0 Å². The van der Waals surface area contributed by atoms with Gasteiger partial charge in [0.25, 0.3) is 0 Å². The summed E-state index contributed by atoms with van der Waals surface area (Å²) >= 11 is 0. The first-order chi connectivity index (χ1) is 8.74. The molecule has 0 saturated heterocycles. The largest absolute Gasteiger partial charge is 0.393 e. The predicted molar refractivity (Wildman–Crippen MR) is 63.6 cm³/mol. The second kappa shape index (κ2) is 4.49. The Morgan fingerprint density at radius 1 is 1.33 bits per heavy atom. The van der Waals surface area contributed by atoms with Crippen LogP contribution in [0.2, 0.25) is 0 Å². The fourth-order valence-electron chi connectivity index (χ4n) is 2.32. The van der Waals surface area contributed by atoms with Crippen molar-refractivity contribution in [2.45, 2.75) is 31.9 Å². The third-order valence-corrected chi connectivity index (χ3v) is 3.31. The molecule has 0 fully saturated rings. The maximum absolute atomic E-state index is 13.6. The summed E-state index contributed by atoms with van der Waals surface area (Å²) in [5.74, 6) is 1.34. The monoisotopic (exact) mass is 247 g/mol. The molecule has 3 rings (SSSR count). The van der Waals surface area contributed by atoms with Gasteiger partial charge in [0.15, 0.2) is 0 Å². The molecule has 4 nitrogen and oxygen atoms in total. The predicted octanol–water partition coefficient (Wildman–Crippen LogP) is 1.32. The standard InChI is InChI=1S/C13H14FN3O/c14-11-4-2-1-3-9(11)7-12-15-16-13-8-10(18)5-6-17(12)13/h1-4,10,18H,5-8H2. The van der Waals surface area contributed by atoms with Gasteiger partial charge in [-0.3, -0.25) is 0 Å². The summed E-state index contributed by atoms with van der Waals surface area (Å²) in [4.78, 5) is 0. The molecule has 5 heteroatoms. The lowest BCUT2D eigenvalue weighted by atomic mass is 10.1. The molecule has 0 aliphatic carbocycles. The Balaban J connectivity index is 1.88. The fourth-order valence-corrected chi connectivity index (χ4v) is 2.32. The Kier molecular flexibility index (Phi) is 2.83. The first kappa shape index (κ1) is 11.3. The van der Waals surface area contributed by atoms with E-state index in [0.717, 1.165) is 11.6 Å². The molecule has 1 N–H and O–H groups in total. The van der Waals surface area contributed by atoms with Gasteiger partial charge in [0.2, 0.25) is 0 Å². The van der Waals surface area contributed by atoms with Crippen molar-refractivity contribution in [3.8, 4) is 0 Å². The number of fused-ring (bicyclic) bond motifs is 1. The first-order valence-electron chi connectivity index (χ1n) is 6.06. The molecule has 0 spiro atoms. The Morgan fingerprint density at radius 2 is 2.17 bits per heavy atom. The lowest BCUT2D eigenvalue weighted by Gasteiger charge is -2.19. The molecule has 18 heavy (non-hydrogen) atoms. The number of aliphatic hydroxyl groups excluding tert-OH is 1. The molecule has 1 aromatic carbocycles. The molecule has 1 aromatic heterocycles. The molecular formula is C13H14FN3O. The van der Waals surface area contributed by atoms with Crippen LogP contribution in [-0.2, 0) is 19.4 Å². The maximum atomic E-state index is 13.6. The number of hydrogen-bond donors (Lipinski definition) is 1. The third kappa shape index (κ3) is 2.01. The normalized spacial score (nSPS) is 18.7. The third-order valence-electron chi connectivity index (χ3n) is 3.31. The Morgan fingerprint density at radius 3 is 3.00 bits per heavy atom. The van der Waals surface area contributed by atoms with Crippen molar-refractivity contribution in [3.05, 3.63) is 47.3 Å². The highest BCUT2D eigenvalue weighted by Crippen LogP contribution is 2.18. The van der Waals surface area contributed by atoms with Gasteiger partial charge in [0, 0.05) is 19.4 Å². The molecule has 1 unspecified atom stereocenters. The number of nitrogens with zero attached hydrogens (tertiary/aromatic N) is 3. The van der Waals surface area contributed by atoms with Crippen LogP contribution in [0.1, 0.15) is 23.6 Å². The van der Waals surface area contributed by atoms with E-state index in [-0.39, 0.29) is 11.9 Å². The van der Waals surface area contributed by atoms with Crippen molar-refractivity contribution < 1.29 is 9.50 Å². The minimum atomic E-state index is -0.331. The highest BCUT2D eigenvalue weighted by atomic mass is 19.1. The maximum Gasteiger partial charge on any atom is 0.137 e. The van der Waals surface area contributed by atoms with Gasteiger partial charge in [-0.05, 0) is 18.1 Å². The molecule has 0 bridgehead atoms. The molecule has 2 heterocycles. The summed E-state index contributed by atoms with van der Waals surface area (Å²) in [6, 6.07) is 6.70. The summed E-state index contributed by atoms with van der Waals surface area (Å²) in [5, 5.41) is 17.7. The molecule has 2 aromatic rings. The van der Waals surface area contributed by atoms with Crippen LogP contribution in [-0.4, -0.2) is 26.0 Å². The minimum absolute atomic E-state index is 0.217. The lowest BCUT2D eigenvalue weighted by molar-refractivity contribution is 0.141. The quantitative estimate of drug-likeness (QED) is 0.870. The van der Waals surface area contributed by atoms with E-state index in [1.807, 2.05) is 10.6 Å². The van der Waals surface area contributed by atoms with Gasteiger partial charge in [0.05, 0.1) is 6.10 Å². The molecule has 0 radical (unpaired) electrons. The van der Waals surface area contributed by atoms with Gasteiger partial charge in [-0.15, -0.1) is 10.2 Å². The number of hydrogen-bond acceptors (Lipinski definition) is 3. The highest BCUT2D eigenvalue weighted by Gasteiger charge is 2.21. The lowest BCUT2D eigenvalue weighted by Crippen LogP contribution is -2.24. The molecule has 0 amide bonds. The zero-order valence-corrected chi connectivity index (χ0v) is 9.88. The van der Waals surface area contributed by atoms with Gasteiger partial charge in [-0.1, -0.05) is 18.2 Å². The van der Waals surface area contributed by atoms with Crippen LogP contribution in [0.15, 0.2) is 24.3 Å². The van der Waals surface area contributed by atoms with E-state index in [2.05, 4.69) is 10.2 Å². The van der Waals surface area contributed by atoms with Gasteiger partial charge < -0.3 is 9.67 Å². The van der Waals surface area contributed by atoms with Crippen molar-refractivity contribution in [1.29, 1.82) is 0 Å². The van der Waals surface area contributed by atoms with Gasteiger partial charge in [-0.2, -0.15) is 0 Å². The smallest absolute Gasteiger partial charge is 0.137 e. The molecular weight excluding hydrogens is 233 g/mol. The SMILES string of the molecule is OC1CCn2c(Cc3ccccc3F)nnc2C1. The average Bonchev–Trinajstić information content (AvgIpc) is 2.74. The Hall–Kier alpha value is -1.75. The van der Waals surface area contributed by atoms with E-state index in [4.69, 9.17) is 0 Å². The zero-order chi connectivity index (χ0) is 12.5. The summed E-state index contributed by atoms with van der Waals surface area (Å²) in [6.07, 6.45) is 1.35. The highest BCUT2D eigenvalue weighted by molar-refractivity contribution is 5.21. The van der Waals surface area contributed by atoms with Gasteiger partial charge in [-0.25, -0.2) is 4.39 Å². The van der Waals surface area contributed by atoms with E-state index in [0.29, 0.717) is 31.4 Å². The van der Waals surface area contributed by atoms with Crippen molar-refractivity contribution >= 4 is 0 Å². The summed E-state index contributed by atoms with van der Waals surface area (Å²) < 4.78 is 15.6. The molecule has 1 aliphatic heterocycles. The molecule has 1 atom stereocenters. The number of aliphatic hydroxyl groups is 1. The average molecular weight is 247 g/mol. The van der Waals surface area contributed by atoms with Gasteiger partial charge in [0.1, 0.15) is 17.5 Å². The van der Waals surface area contributed by atoms with Crippen molar-refractivity contribution in [1.82, 2.24) is 14.8 Å². The van der Waals surface area contributed by atoms with E-state index in [9.17, 15) is 9.50 Å². The molecule has 0 saturated carbocycles. The zero-order valence-electron chi connectivity index (χ0n) is 9.88. The second-order valence-electron chi connectivity index (χ2n) is 4.60. The van der Waals surface area contributed by atoms with Crippen LogP contribution in [0.3, 0.4) is 0 Å². The van der Waals surface area contributed by atoms with E-state index in [1.54, 1.807) is 12.1 Å². The van der Waals surface area contributed by atoms with Crippen LogP contribution >= 0.6 is 0 Å². The van der Waals surface area contributed by atoms with Crippen molar-refractivity contribution in [3.63, 3.8) is 0 Å². The summed E-state index contributed by atoms with van der Waals surface area (Å²) in [5.41, 5.74) is 0.624. The number of benzene rings is 1. The molecule has 94 valence electrons. The van der Waals surface area contributed by atoms with Crippen LogP contribution < -0.4 is 0 Å². The second-order valence-corrected chi connectivity index (χ2v) is 4.60. The topological polar surface area (TPSA) is 50.9 Å². The van der Waals surface area contributed by atoms with Gasteiger partial charge >= 0.3 is 0 Å². The van der Waals surface area contributed by atoms with Crippen LogP contribution in [0, 0.1) is 5.82 Å². The van der Waals surface area contributed by atoms with Crippen molar-refractivity contribution in [2.75, 3.05) is 0 Å². The van der Waals surface area contributed by atoms with E-state index in [1.165, 1.54) is 6.07 Å². The van der Waals surface area contributed by atoms with E-state index < -0.39 is 0 Å². The summed E-state index contributed by atoms with van der Waals surface area (Å²) in [7, 11) is 0. The van der Waals surface area contributed by atoms with Crippen LogP contribution in [0.5, 0.6) is 0 Å². The first-order valence-corrected chi connectivity index (χ1v) is 6.06. The number of aromatic nitrogens is 3. The number of rotatable bonds is 2. The minimum Gasteiger partial charge on any atom is -0.393 e. The molecule has 1 aliphatic rings. The summed E-state index contributed by atoms with van der Waals surface area (Å²) in [6.45, 7) is 0.702. The number of halogens is 1. The van der Waals surface area contributed by atoms with Crippen LogP contribution in [0.4, 0.5) is 4.39 Å². The fraction of sp³-hybridized carbons (Fsp3) is 0.385. The Labute approximate surface area is 104 Å².